The van der Waals surface area contributed by atoms with Crippen molar-refractivity contribution in [1.82, 2.24) is 9.62 Å². The predicted octanol–water partition coefficient (Wildman–Crippen LogP) is 2.35. The van der Waals surface area contributed by atoms with E-state index in [1.807, 2.05) is 29.2 Å². The zero-order chi connectivity index (χ0) is 16.3. The second-order valence-corrected chi connectivity index (χ2v) is 8.43. The van der Waals surface area contributed by atoms with Crippen LogP contribution in [0.25, 0.3) is 0 Å². The maximum atomic E-state index is 12.1. The van der Waals surface area contributed by atoms with E-state index in [1.54, 1.807) is 17.5 Å². The number of carbonyl (C=O) groups is 1. The normalized spacial score (nSPS) is 15.3. The van der Waals surface area contributed by atoms with Crippen molar-refractivity contribution in [3.8, 4) is 0 Å². The highest BCUT2D eigenvalue weighted by atomic mass is 32.2. The Labute approximate surface area is 140 Å². The molecule has 5 nitrogen and oxygen atoms in total. The quantitative estimate of drug-likeness (QED) is 0.870. The van der Waals surface area contributed by atoms with Gasteiger partial charge in [0.25, 0.3) is 0 Å². The second kappa shape index (κ2) is 6.82. The molecule has 0 radical (unpaired) electrons. The van der Waals surface area contributed by atoms with Gasteiger partial charge in [0.15, 0.2) is 0 Å². The number of benzene rings is 1. The Morgan fingerprint density at radius 1 is 1.13 bits per heavy atom. The average Bonchev–Trinajstić information content (AvgIpc) is 3.20. The minimum atomic E-state index is -3.44. The molecule has 1 aromatic heterocycles. The number of sulfonamides is 1. The van der Waals surface area contributed by atoms with Crippen LogP contribution in [-0.4, -0.2) is 25.8 Å². The second-order valence-electron chi connectivity index (χ2n) is 5.49. The van der Waals surface area contributed by atoms with Crippen molar-refractivity contribution in [1.29, 1.82) is 0 Å². The zero-order valence-electron chi connectivity index (χ0n) is 12.6. The maximum absolute atomic E-state index is 12.1. The summed E-state index contributed by atoms with van der Waals surface area (Å²) in [5, 5.41) is 1.74. The summed E-state index contributed by atoms with van der Waals surface area (Å²) in [6, 6.07) is 11.0. The molecule has 1 aliphatic rings. The lowest BCUT2D eigenvalue weighted by atomic mass is 10.1. The summed E-state index contributed by atoms with van der Waals surface area (Å²) in [6.07, 6.45) is 1.57. The van der Waals surface area contributed by atoms with Gasteiger partial charge in [0, 0.05) is 26.1 Å². The lowest BCUT2D eigenvalue weighted by molar-refractivity contribution is -0.128. The van der Waals surface area contributed by atoms with Gasteiger partial charge < -0.3 is 4.90 Å². The molecular formula is C16H18N2O3S2. The number of rotatable bonds is 6. The molecular weight excluding hydrogens is 332 g/mol. The molecule has 0 bridgehead atoms. The van der Waals surface area contributed by atoms with Crippen molar-refractivity contribution in [2.45, 2.75) is 30.1 Å². The molecule has 0 atom stereocenters. The molecule has 2 heterocycles. The van der Waals surface area contributed by atoms with Crippen LogP contribution in [-0.2, 0) is 27.9 Å². The third-order valence-electron chi connectivity index (χ3n) is 3.79. The number of likely N-dealkylation sites (tertiary alicyclic amines) is 1. The smallest absolute Gasteiger partial charge is 0.250 e. The van der Waals surface area contributed by atoms with Crippen LogP contribution < -0.4 is 4.72 Å². The summed E-state index contributed by atoms with van der Waals surface area (Å²) in [6.45, 7) is 1.70. The molecule has 0 aliphatic carbocycles. The molecule has 3 rings (SSSR count). The number of thiophene rings is 1. The van der Waals surface area contributed by atoms with Crippen LogP contribution in [0.1, 0.15) is 24.0 Å². The van der Waals surface area contributed by atoms with Crippen molar-refractivity contribution in [2.24, 2.45) is 0 Å². The molecule has 0 spiro atoms. The molecule has 122 valence electrons. The van der Waals surface area contributed by atoms with Gasteiger partial charge in [0.05, 0.1) is 0 Å². The summed E-state index contributed by atoms with van der Waals surface area (Å²) < 4.78 is 27.0. The first-order chi connectivity index (χ1) is 11.0. The van der Waals surface area contributed by atoms with E-state index in [4.69, 9.17) is 0 Å². The third-order valence-corrected chi connectivity index (χ3v) is 6.59. The zero-order valence-corrected chi connectivity index (χ0v) is 14.2. The molecule has 1 fully saturated rings. The predicted molar refractivity (Wildman–Crippen MR) is 89.4 cm³/mol. The van der Waals surface area contributed by atoms with Gasteiger partial charge in [-0.3, -0.25) is 4.79 Å². The minimum Gasteiger partial charge on any atom is -0.338 e. The third kappa shape index (κ3) is 3.99. The topological polar surface area (TPSA) is 66.5 Å². The monoisotopic (exact) mass is 350 g/mol. The number of nitrogens with one attached hydrogen (secondary N) is 1. The van der Waals surface area contributed by atoms with Crippen LogP contribution in [0.5, 0.6) is 0 Å². The fourth-order valence-corrected chi connectivity index (χ4v) is 4.58. The number of nitrogens with zero attached hydrogens (tertiary/aromatic N) is 1. The number of carbonyl (C=O) groups excluding carboxylic acids is 1. The lowest BCUT2D eigenvalue weighted by Gasteiger charge is -2.15. The molecule has 1 N–H and O–H groups in total. The van der Waals surface area contributed by atoms with Crippen LogP contribution in [0.3, 0.4) is 0 Å². The van der Waals surface area contributed by atoms with Gasteiger partial charge >= 0.3 is 0 Å². The van der Waals surface area contributed by atoms with Crippen molar-refractivity contribution < 1.29 is 13.2 Å². The Bertz CT molecular complexity index is 768. The molecule has 2 aromatic rings. The van der Waals surface area contributed by atoms with Crippen LogP contribution in [0.15, 0.2) is 46.0 Å². The van der Waals surface area contributed by atoms with Gasteiger partial charge in [-0.2, -0.15) is 0 Å². The molecule has 1 aliphatic heterocycles. The molecule has 1 amide bonds. The Balaban J connectivity index is 1.58. The average molecular weight is 350 g/mol. The maximum Gasteiger partial charge on any atom is 0.250 e. The van der Waals surface area contributed by atoms with E-state index in [2.05, 4.69) is 4.72 Å². The Morgan fingerprint density at radius 3 is 2.48 bits per heavy atom. The lowest BCUT2D eigenvalue weighted by Crippen LogP contribution is -2.24. The van der Waals surface area contributed by atoms with E-state index in [1.165, 1.54) is 11.3 Å². The highest BCUT2D eigenvalue weighted by molar-refractivity contribution is 7.91. The summed E-state index contributed by atoms with van der Waals surface area (Å²) in [5.41, 5.74) is 1.95. The minimum absolute atomic E-state index is 0.206. The van der Waals surface area contributed by atoms with E-state index in [-0.39, 0.29) is 12.5 Å². The van der Waals surface area contributed by atoms with Crippen molar-refractivity contribution >= 4 is 27.3 Å². The highest BCUT2D eigenvalue weighted by Gasteiger charge is 2.20. The van der Waals surface area contributed by atoms with Gasteiger partial charge in [-0.1, -0.05) is 30.3 Å². The van der Waals surface area contributed by atoms with Crippen LogP contribution in [0.2, 0.25) is 0 Å². The largest absolute Gasteiger partial charge is 0.338 e. The fraction of sp³-hybridized carbons (Fsp3) is 0.312. The summed E-state index contributed by atoms with van der Waals surface area (Å²) in [5.74, 6) is 0.206. The molecule has 0 saturated carbocycles. The number of hydrogen-bond acceptors (Lipinski definition) is 4. The van der Waals surface area contributed by atoms with Crippen molar-refractivity contribution in [2.75, 3.05) is 6.54 Å². The van der Waals surface area contributed by atoms with Gasteiger partial charge in [-0.25, -0.2) is 13.1 Å². The number of hydrogen-bond donors (Lipinski definition) is 1. The summed E-state index contributed by atoms with van der Waals surface area (Å²) in [4.78, 5) is 13.5. The first kappa shape index (κ1) is 16.2. The molecule has 1 saturated heterocycles. The van der Waals surface area contributed by atoms with Gasteiger partial charge in [0.2, 0.25) is 15.9 Å². The highest BCUT2D eigenvalue weighted by Crippen LogP contribution is 2.17. The molecule has 1 aromatic carbocycles. The summed E-state index contributed by atoms with van der Waals surface area (Å²) >= 11 is 1.20. The first-order valence-electron chi connectivity index (χ1n) is 7.43. The van der Waals surface area contributed by atoms with E-state index in [0.29, 0.717) is 17.2 Å². The van der Waals surface area contributed by atoms with Gasteiger partial charge in [0.1, 0.15) is 4.21 Å². The van der Waals surface area contributed by atoms with Crippen molar-refractivity contribution in [3.63, 3.8) is 0 Å². The Morgan fingerprint density at radius 2 is 1.87 bits per heavy atom. The molecule has 23 heavy (non-hydrogen) atoms. The van der Waals surface area contributed by atoms with Gasteiger partial charge in [-0.05, 0) is 29.0 Å². The summed E-state index contributed by atoms with van der Waals surface area (Å²) in [7, 11) is -3.44. The van der Waals surface area contributed by atoms with Gasteiger partial charge in [-0.15, -0.1) is 11.3 Å². The SMILES string of the molecule is O=C1CCCN1Cc1ccc(CNS(=O)(=O)c2cccs2)cc1. The van der Waals surface area contributed by atoms with E-state index < -0.39 is 10.0 Å². The van der Waals surface area contributed by atoms with Crippen LogP contribution in [0, 0.1) is 0 Å². The van der Waals surface area contributed by atoms with E-state index in [0.717, 1.165) is 24.1 Å². The van der Waals surface area contributed by atoms with E-state index in [9.17, 15) is 13.2 Å². The number of amides is 1. The van der Waals surface area contributed by atoms with Crippen molar-refractivity contribution in [3.05, 3.63) is 52.9 Å². The molecule has 7 heteroatoms. The Kier molecular flexibility index (Phi) is 4.79. The fourth-order valence-electron chi connectivity index (χ4n) is 2.52. The first-order valence-corrected chi connectivity index (χ1v) is 9.80. The Hall–Kier alpha value is -1.70. The van der Waals surface area contributed by atoms with Crippen LogP contribution >= 0.6 is 11.3 Å². The van der Waals surface area contributed by atoms with E-state index >= 15 is 0 Å². The molecule has 0 unspecified atom stereocenters. The standard InChI is InChI=1S/C16H18N2O3S2/c19-15-3-1-9-18(15)12-14-7-5-13(6-8-14)11-17-23(20,21)16-4-2-10-22-16/h2,4-8,10,17H,1,3,9,11-12H2. The van der Waals surface area contributed by atoms with Crippen LogP contribution in [0.4, 0.5) is 0 Å².